The van der Waals surface area contributed by atoms with E-state index in [9.17, 15) is 0 Å². The fourth-order valence-corrected chi connectivity index (χ4v) is 18.1. The lowest BCUT2D eigenvalue weighted by molar-refractivity contribution is 0.474. The van der Waals surface area contributed by atoms with Crippen molar-refractivity contribution in [3.05, 3.63) is 388 Å². The molecule has 0 saturated carbocycles. The third-order valence-corrected chi connectivity index (χ3v) is 24.1. The lowest BCUT2D eigenvalue weighted by Gasteiger charge is -2.22. The number of aryl methyl sites for hydroxylation is 3. The molecule has 3 aliphatic heterocycles. The first-order valence-electron chi connectivity index (χ1n) is 41.5. The van der Waals surface area contributed by atoms with E-state index in [1.165, 1.54) is 82.0 Å². The number of para-hydroxylation sites is 6. The van der Waals surface area contributed by atoms with Crippen LogP contribution >= 0.6 is 0 Å². The van der Waals surface area contributed by atoms with Crippen LogP contribution < -0.4 is 14.2 Å². The maximum absolute atomic E-state index is 6.53. The summed E-state index contributed by atoms with van der Waals surface area (Å²) in [7, 11) is 0. The van der Waals surface area contributed by atoms with E-state index in [1.54, 1.807) is 0 Å². The Hall–Kier alpha value is -15.7. The number of imidazole rings is 4. The van der Waals surface area contributed by atoms with E-state index in [-0.39, 0.29) is 0 Å². The van der Waals surface area contributed by atoms with Gasteiger partial charge in [0, 0.05) is 30.5 Å². The van der Waals surface area contributed by atoms with Crippen molar-refractivity contribution in [1.82, 2.24) is 38.2 Å². The monoisotopic (exact) mass is 1560 g/mol. The second kappa shape index (κ2) is 28.9. The molecular formula is C110H76N8O3. The molecule has 121 heavy (non-hydrogen) atoms. The third kappa shape index (κ3) is 12.3. The Morgan fingerprint density at radius 2 is 0.504 bits per heavy atom. The highest BCUT2D eigenvalue weighted by Crippen LogP contribution is 2.49. The normalized spacial score (nSPS) is 12.1. The van der Waals surface area contributed by atoms with Crippen molar-refractivity contribution in [2.75, 3.05) is 0 Å². The summed E-state index contributed by atoms with van der Waals surface area (Å²) in [4.78, 5) is 19.6. The summed E-state index contributed by atoms with van der Waals surface area (Å²) in [5.41, 5.74) is 27.4. The van der Waals surface area contributed by atoms with Gasteiger partial charge in [-0.15, -0.1) is 0 Å². The van der Waals surface area contributed by atoms with E-state index in [0.717, 1.165) is 177 Å². The van der Waals surface area contributed by atoms with E-state index in [0.29, 0.717) is 0 Å². The van der Waals surface area contributed by atoms with Crippen molar-refractivity contribution in [2.45, 2.75) is 40.0 Å². The second-order valence-corrected chi connectivity index (χ2v) is 31.3. The average Bonchev–Trinajstić information content (AvgIpc) is 1.62. The largest absolute Gasteiger partial charge is 0.453 e. The highest BCUT2D eigenvalue weighted by Gasteiger charge is 2.29. The van der Waals surface area contributed by atoms with E-state index in [1.807, 2.05) is 54.6 Å². The summed E-state index contributed by atoms with van der Waals surface area (Å²) < 4.78 is 28.3. The summed E-state index contributed by atoms with van der Waals surface area (Å²) in [6, 6.07) is 131. The summed E-state index contributed by atoms with van der Waals surface area (Å²) in [6.45, 7) is 6.44. The number of rotatable bonds is 11. The molecule has 574 valence electrons. The molecule has 18 aromatic carbocycles. The number of nitrogens with zero attached hydrogens (tertiary/aromatic N) is 8. The molecule has 0 saturated heterocycles. The van der Waals surface area contributed by atoms with Gasteiger partial charge in [0.15, 0.2) is 34.5 Å². The predicted octanol–water partition coefficient (Wildman–Crippen LogP) is 28.7. The first-order valence-corrected chi connectivity index (χ1v) is 41.5. The molecule has 7 heterocycles. The molecule has 4 aromatic heterocycles. The van der Waals surface area contributed by atoms with E-state index in [4.69, 9.17) is 34.1 Å². The fourth-order valence-electron chi connectivity index (χ4n) is 18.1. The Bertz CT molecular complexity index is 7870. The third-order valence-electron chi connectivity index (χ3n) is 24.1. The van der Waals surface area contributed by atoms with Crippen LogP contribution in [0.25, 0.3) is 188 Å². The van der Waals surface area contributed by atoms with Crippen molar-refractivity contribution >= 4 is 87.2 Å². The van der Waals surface area contributed by atoms with Crippen molar-refractivity contribution in [1.29, 1.82) is 0 Å². The van der Waals surface area contributed by atoms with Gasteiger partial charge >= 0.3 is 0 Å². The zero-order chi connectivity index (χ0) is 80.3. The molecule has 11 heteroatoms. The smallest absolute Gasteiger partial charge is 0.153 e. The van der Waals surface area contributed by atoms with Crippen LogP contribution in [0.4, 0.5) is 0 Å². The van der Waals surface area contributed by atoms with Gasteiger partial charge in [0.2, 0.25) is 0 Å². The molecule has 0 N–H and O–H groups in total. The zero-order valence-corrected chi connectivity index (χ0v) is 66.6. The van der Waals surface area contributed by atoms with Crippen molar-refractivity contribution in [2.24, 2.45) is 0 Å². The minimum Gasteiger partial charge on any atom is -0.453 e. The van der Waals surface area contributed by atoms with Crippen LogP contribution in [-0.4, -0.2) is 38.2 Å². The van der Waals surface area contributed by atoms with Gasteiger partial charge in [-0.25, -0.2) is 19.9 Å². The quantitative estimate of drug-likeness (QED) is 0.127. The maximum atomic E-state index is 6.53. The Balaban J connectivity index is 0.000000106. The number of benzene rings is 18. The number of fused-ring (bicyclic) bond motifs is 11. The van der Waals surface area contributed by atoms with Gasteiger partial charge in [-0.05, 0) is 255 Å². The van der Waals surface area contributed by atoms with E-state index < -0.39 is 0 Å². The van der Waals surface area contributed by atoms with Crippen LogP contribution in [0, 0.1) is 0 Å². The Morgan fingerprint density at radius 1 is 0.207 bits per heavy atom. The van der Waals surface area contributed by atoms with E-state index in [2.05, 4.69) is 354 Å². The minimum absolute atomic E-state index is 0.843. The maximum Gasteiger partial charge on any atom is 0.153 e. The highest BCUT2D eigenvalue weighted by molar-refractivity contribution is 5.98. The van der Waals surface area contributed by atoms with Crippen molar-refractivity contribution < 1.29 is 14.2 Å². The molecule has 25 rings (SSSR count). The van der Waals surface area contributed by atoms with Crippen LogP contribution in [0.3, 0.4) is 0 Å². The number of hydrogen-bond donors (Lipinski definition) is 0. The summed E-state index contributed by atoms with van der Waals surface area (Å²) in [5, 5.41) is 9.95. The highest BCUT2D eigenvalue weighted by atomic mass is 16.5. The van der Waals surface area contributed by atoms with Crippen LogP contribution in [0.15, 0.2) is 370 Å². The Kier molecular flexibility index (Phi) is 16.9. The Labute approximate surface area is 698 Å². The zero-order valence-electron chi connectivity index (χ0n) is 66.6. The molecule has 11 nitrogen and oxygen atoms in total. The molecule has 0 amide bonds. The average molecular weight is 1560 g/mol. The lowest BCUT2D eigenvalue weighted by atomic mass is 9.91. The molecule has 0 unspecified atom stereocenters. The Morgan fingerprint density at radius 3 is 0.909 bits per heavy atom. The van der Waals surface area contributed by atoms with Gasteiger partial charge in [0.25, 0.3) is 0 Å². The predicted molar refractivity (Wildman–Crippen MR) is 494 cm³/mol. The molecule has 0 fully saturated rings. The van der Waals surface area contributed by atoms with Gasteiger partial charge < -0.3 is 14.2 Å². The van der Waals surface area contributed by atoms with Gasteiger partial charge in [0.05, 0.1) is 44.6 Å². The van der Waals surface area contributed by atoms with Crippen LogP contribution in [0.5, 0.6) is 34.5 Å². The molecule has 0 aliphatic carbocycles. The molecule has 3 aliphatic rings. The number of aromatic nitrogens is 8. The first-order chi connectivity index (χ1) is 59.7. The van der Waals surface area contributed by atoms with Crippen LogP contribution in [0.1, 0.15) is 38.2 Å². The molecular weight excluding hydrogens is 1480 g/mol. The van der Waals surface area contributed by atoms with E-state index >= 15 is 0 Å². The fraction of sp³-hybridized carbons (Fsp3) is 0.0545. The standard InChI is InChI=1S/C41H28N2O.C35H24N2O.C34H24N4O/c1-2-40-42-36-12-7-13-38-41(36)43(40)37-19-18-32(25-39(37)44-38)35-23-33(30-16-14-26-8-3-5-10-28(26)20-30)22-34(24-35)31-17-15-27-9-4-6-11-29(27)21-31;1-2-34-36-30-8-5-9-32-35(30)37(34)31-17-16-29(21-33(31)38-32)28-15-14-26-19-25(12-13-27(26)20-28)24-11-10-22-6-3-4-7-23(22)18-24;1-2-32-35-27-12-8-14-30-33(27)38(32)29-20-19-24(21-31(29)39-30)22-15-17-23(18-16-22)34-36-26-11-6-7-13-28(26)37(34)25-9-4-3-5-10-25/h3-25H,2H2,1H3;3-21H,2H2,1H3;3-21H,2H2,1H3. The van der Waals surface area contributed by atoms with Gasteiger partial charge in [-0.2, -0.15) is 0 Å². The molecule has 0 atom stereocenters. The summed E-state index contributed by atoms with van der Waals surface area (Å²) in [6.07, 6.45) is 2.56. The summed E-state index contributed by atoms with van der Waals surface area (Å²) >= 11 is 0. The number of ether oxygens (including phenoxy) is 3. The van der Waals surface area contributed by atoms with Crippen molar-refractivity contribution in [3.8, 4) is 135 Å². The molecule has 22 aromatic rings. The SMILES string of the molecule is CCc1nc2cccc3c2n1-c1ccc(-c2cc(-c4ccc5ccccc5c4)cc(-c4ccc5ccccc5c4)c2)cc1O3.CCc1nc2cccc3c2n1-c1ccc(-c2ccc(-c4nc5ccccc5n4-c4ccccc4)cc2)cc1O3.CCc1nc2cccc3c2n1-c1ccc(-c2ccc4cc(-c5ccc6ccccc6c5)ccc4c2)cc1O3. The molecule has 0 spiro atoms. The molecule has 0 radical (unpaired) electrons. The summed E-state index contributed by atoms with van der Waals surface area (Å²) in [5.74, 6) is 9.17. The van der Waals surface area contributed by atoms with Crippen LogP contribution in [0.2, 0.25) is 0 Å². The van der Waals surface area contributed by atoms with Crippen molar-refractivity contribution in [3.63, 3.8) is 0 Å². The number of hydrogen-bond acceptors (Lipinski definition) is 7. The van der Waals surface area contributed by atoms with Crippen LogP contribution in [-0.2, 0) is 19.3 Å². The lowest BCUT2D eigenvalue weighted by Crippen LogP contribution is -2.07. The topological polar surface area (TPSA) is 99.0 Å². The first kappa shape index (κ1) is 70.7. The van der Waals surface area contributed by atoms with Gasteiger partial charge in [-0.3, -0.25) is 18.3 Å². The van der Waals surface area contributed by atoms with Gasteiger partial charge in [0.1, 0.15) is 39.8 Å². The second-order valence-electron chi connectivity index (χ2n) is 31.3. The van der Waals surface area contributed by atoms with Gasteiger partial charge in [-0.1, -0.05) is 245 Å². The minimum atomic E-state index is 0.843. The molecule has 0 bridgehead atoms.